The number of nitrogens with two attached hydrogens (primary N) is 1. The molecular formula is C15H23N3O. The lowest BCUT2D eigenvalue weighted by molar-refractivity contribution is 0.0944. The molecule has 0 bridgehead atoms. The van der Waals surface area contributed by atoms with Crippen molar-refractivity contribution in [1.29, 1.82) is 0 Å². The fourth-order valence-corrected chi connectivity index (χ4v) is 2.70. The average molecular weight is 261 g/mol. The molecule has 4 heteroatoms. The Morgan fingerprint density at radius 1 is 1.32 bits per heavy atom. The van der Waals surface area contributed by atoms with Crippen LogP contribution in [0.5, 0.6) is 0 Å². The van der Waals surface area contributed by atoms with E-state index in [2.05, 4.69) is 10.7 Å². The van der Waals surface area contributed by atoms with Gasteiger partial charge in [0.2, 0.25) is 0 Å². The van der Waals surface area contributed by atoms with Gasteiger partial charge in [0, 0.05) is 6.54 Å². The molecule has 0 radical (unpaired) electrons. The molecule has 4 nitrogen and oxygen atoms in total. The number of anilines is 1. The van der Waals surface area contributed by atoms with Gasteiger partial charge in [0.15, 0.2) is 0 Å². The lowest BCUT2D eigenvalue weighted by atomic mass is 9.89. The molecule has 1 aromatic rings. The quantitative estimate of drug-likeness (QED) is 0.576. The summed E-state index contributed by atoms with van der Waals surface area (Å²) in [5.41, 5.74) is 4.93. The zero-order valence-electron chi connectivity index (χ0n) is 11.5. The van der Waals surface area contributed by atoms with Gasteiger partial charge in [-0.25, -0.2) is 0 Å². The number of hydrazine groups is 1. The summed E-state index contributed by atoms with van der Waals surface area (Å²) in [6.07, 6.45) is 6.39. The number of aryl methyl sites for hydroxylation is 1. The van der Waals surface area contributed by atoms with Crippen molar-refractivity contribution in [2.24, 2.45) is 11.8 Å². The Balaban J connectivity index is 1.97. The smallest absolute Gasteiger partial charge is 0.253 e. The molecule has 4 N–H and O–H groups in total. The second-order valence-corrected chi connectivity index (χ2v) is 5.41. The van der Waals surface area contributed by atoms with Gasteiger partial charge in [-0.2, -0.15) is 0 Å². The van der Waals surface area contributed by atoms with Gasteiger partial charge in [0.1, 0.15) is 0 Å². The molecule has 1 saturated carbocycles. The molecule has 104 valence electrons. The average Bonchev–Trinajstić information content (AvgIpc) is 2.46. The van der Waals surface area contributed by atoms with E-state index in [-0.39, 0.29) is 5.91 Å². The summed E-state index contributed by atoms with van der Waals surface area (Å²) in [5, 5.41) is 3.04. The van der Waals surface area contributed by atoms with Crippen LogP contribution in [0, 0.1) is 12.8 Å². The predicted molar refractivity (Wildman–Crippen MR) is 77.9 cm³/mol. The molecule has 0 saturated heterocycles. The van der Waals surface area contributed by atoms with Crippen molar-refractivity contribution in [3.63, 3.8) is 0 Å². The number of rotatable bonds is 4. The topological polar surface area (TPSA) is 67.1 Å². The first-order valence-electron chi connectivity index (χ1n) is 7.06. The van der Waals surface area contributed by atoms with Crippen LogP contribution in [0.4, 0.5) is 5.69 Å². The van der Waals surface area contributed by atoms with Crippen LogP contribution in [0.25, 0.3) is 0 Å². The maximum Gasteiger partial charge on any atom is 0.253 e. The Hall–Kier alpha value is -1.55. The van der Waals surface area contributed by atoms with Gasteiger partial charge in [0.25, 0.3) is 5.91 Å². The van der Waals surface area contributed by atoms with Crippen molar-refractivity contribution in [3.05, 3.63) is 29.3 Å². The van der Waals surface area contributed by atoms with Crippen LogP contribution in [-0.4, -0.2) is 12.5 Å². The summed E-state index contributed by atoms with van der Waals surface area (Å²) in [4.78, 5) is 12.2. The minimum absolute atomic E-state index is 0.0396. The van der Waals surface area contributed by atoms with E-state index < -0.39 is 0 Å². The third kappa shape index (κ3) is 3.70. The van der Waals surface area contributed by atoms with Gasteiger partial charge in [-0.05, 0) is 37.8 Å². The molecule has 19 heavy (non-hydrogen) atoms. The normalized spacial score (nSPS) is 16.1. The van der Waals surface area contributed by atoms with Crippen LogP contribution >= 0.6 is 0 Å². The fourth-order valence-electron chi connectivity index (χ4n) is 2.70. The maximum absolute atomic E-state index is 12.2. The lowest BCUT2D eigenvalue weighted by Crippen LogP contribution is -2.31. The maximum atomic E-state index is 12.2. The van der Waals surface area contributed by atoms with Gasteiger partial charge in [0.05, 0.1) is 11.3 Å². The highest BCUT2D eigenvalue weighted by atomic mass is 16.1. The van der Waals surface area contributed by atoms with Crippen molar-refractivity contribution in [3.8, 4) is 0 Å². The molecule has 1 fully saturated rings. The van der Waals surface area contributed by atoms with Crippen LogP contribution in [0.15, 0.2) is 18.2 Å². The number of amides is 1. The van der Waals surface area contributed by atoms with Crippen molar-refractivity contribution < 1.29 is 4.79 Å². The highest BCUT2D eigenvalue weighted by Gasteiger charge is 2.16. The van der Waals surface area contributed by atoms with Crippen LogP contribution in [-0.2, 0) is 0 Å². The SMILES string of the molecule is Cc1ccc(NN)c(C(=O)NCC2CCCCC2)c1. The molecule has 0 heterocycles. The summed E-state index contributed by atoms with van der Waals surface area (Å²) >= 11 is 0. The van der Waals surface area contributed by atoms with Crippen LogP contribution in [0.2, 0.25) is 0 Å². The summed E-state index contributed by atoms with van der Waals surface area (Å²) in [6, 6.07) is 5.64. The molecule has 1 aromatic carbocycles. The van der Waals surface area contributed by atoms with Gasteiger partial charge < -0.3 is 10.7 Å². The summed E-state index contributed by atoms with van der Waals surface area (Å²) in [6.45, 7) is 2.75. The first kappa shape index (κ1) is 13.9. The van der Waals surface area contributed by atoms with Crippen molar-refractivity contribution >= 4 is 11.6 Å². The molecule has 0 spiro atoms. The lowest BCUT2D eigenvalue weighted by Gasteiger charge is -2.22. The third-order valence-corrected chi connectivity index (χ3v) is 3.85. The monoisotopic (exact) mass is 261 g/mol. The summed E-state index contributed by atoms with van der Waals surface area (Å²) < 4.78 is 0. The van der Waals surface area contributed by atoms with E-state index in [9.17, 15) is 4.79 Å². The molecule has 0 aliphatic heterocycles. The largest absolute Gasteiger partial charge is 0.352 e. The number of hydrogen-bond acceptors (Lipinski definition) is 3. The standard InChI is InChI=1S/C15H23N3O/c1-11-7-8-14(18-16)13(9-11)15(19)17-10-12-5-3-2-4-6-12/h7-9,12,18H,2-6,10,16H2,1H3,(H,17,19). The highest BCUT2D eigenvalue weighted by Crippen LogP contribution is 2.23. The van der Waals surface area contributed by atoms with E-state index in [0.717, 1.165) is 12.1 Å². The van der Waals surface area contributed by atoms with Gasteiger partial charge >= 0.3 is 0 Å². The van der Waals surface area contributed by atoms with E-state index in [1.54, 1.807) is 0 Å². The fraction of sp³-hybridized carbons (Fsp3) is 0.533. The highest BCUT2D eigenvalue weighted by molar-refractivity contribution is 5.99. The number of hydrogen-bond donors (Lipinski definition) is 3. The van der Waals surface area contributed by atoms with E-state index in [4.69, 9.17) is 5.84 Å². The summed E-state index contributed by atoms with van der Waals surface area (Å²) in [5.74, 6) is 6.04. The zero-order valence-corrected chi connectivity index (χ0v) is 11.5. The molecule has 0 unspecified atom stereocenters. The van der Waals surface area contributed by atoms with Crippen LogP contribution < -0.4 is 16.6 Å². The van der Waals surface area contributed by atoms with Crippen LogP contribution in [0.3, 0.4) is 0 Å². The van der Waals surface area contributed by atoms with E-state index in [1.807, 2.05) is 25.1 Å². The first-order chi connectivity index (χ1) is 9.20. The second-order valence-electron chi connectivity index (χ2n) is 5.41. The third-order valence-electron chi connectivity index (χ3n) is 3.85. The van der Waals surface area contributed by atoms with Gasteiger partial charge in [-0.3, -0.25) is 10.6 Å². The number of benzene rings is 1. The predicted octanol–water partition coefficient (Wildman–Crippen LogP) is 2.59. The molecule has 1 aliphatic carbocycles. The molecule has 0 atom stereocenters. The molecule has 1 amide bonds. The van der Waals surface area contributed by atoms with Crippen LogP contribution in [0.1, 0.15) is 48.0 Å². The number of carbonyl (C=O) groups is 1. The first-order valence-corrected chi connectivity index (χ1v) is 7.06. The molecule has 0 aromatic heterocycles. The Kier molecular flexibility index (Phi) is 4.80. The van der Waals surface area contributed by atoms with Crippen molar-refractivity contribution in [1.82, 2.24) is 5.32 Å². The number of carbonyl (C=O) groups excluding carboxylic acids is 1. The van der Waals surface area contributed by atoms with Crippen molar-refractivity contribution in [2.75, 3.05) is 12.0 Å². The zero-order chi connectivity index (χ0) is 13.7. The second kappa shape index (κ2) is 6.57. The van der Waals surface area contributed by atoms with E-state index >= 15 is 0 Å². The summed E-state index contributed by atoms with van der Waals surface area (Å²) in [7, 11) is 0. The van der Waals surface area contributed by atoms with Crippen molar-refractivity contribution in [2.45, 2.75) is 39.0 Å². The number of nitrogens with one attached hydrogen (secondary N) is 2. The number of nitrogen functional groups attached to an aromatic ring is 1. The van der Waals surface area contributed by atoms with Gasteiger partial charge in [-0.15, -0.1) is 0 Å². The molecule has 2 rings (SSSR count). The molecule has 1 aliphatic rings. The van der Waals surface area contributed by atoms with Gasteiger partial charge in [-0.1, -0.05) is 30.9 Å². The minimum Gasteiger partial charge on any atom is -0.352 e. The Labute approximate surface area is 114 Å². The molecular weight excluding hydrogens is 238 g/mol. The Morgan fingerprint density at radius 3 is 2.74 bits per heavy atom. The Morgan fingerprint density at radius 2 is 2.05 bits per heavy atom. The van der Waals surface area contributed by atoms with E-state index in [0.29, 0.717) is 17.2 Å². The van der Waals surface area contributed by atoms with E-state index in [1.165, 1.54) is 32.1 Å². The Bertz CT molecular complexity index is 439. The minimum atomic E-state index is -0.0396.